The number of hydrogen-bond acceptors (Lipinski definition) is 6. The second-order valence-corrected chi connectivity index (χ2v) is 9.96. The van der Waals surface area contributed by atoms with Gasteiger partial charge in [-0.25, -0.2) is 4.39 Å². The first kappa shape index (κ1) is 28.9. The average Bonchev–Trinajstić information content (AvgIpc) is 3.43. The van der Waals surface area contributed by atoms with E-state index in [2.05, 4.69) is 10.3 Å². The number of carbonyl (C=O) groups excluding carboxylic acids is 4. The van der Waals surface area contributed by atoms with Crippen molar-refractivity contribution in [2.24, 2.45) is 0 Å². The Hall–Kier alpha value is -4.65. The summed E-state index contributed by atoms with van der Waals surface area (Å²) in [6.45, 7) is -0.948. The number of halogens is 4. The Morgan fingerprint density at radius 1 is 1.12 bits per heavy atom. The molecule has 1 saturated heterocycles. The van der Waals surface area contributed by atoms with E-state index in [0.717, 1.165) is 24.0 Å². The van der Waals surface area contributed by atoms with E-state index < -0.39 is 67.0 Å². The molecule has 9 nitrogen and oxygen atoms in total. The zero-order valence-corrected chi connectivity index (χ0v) is 22.2. The fraction of sp³-hybridized carbons (Fsp3) is 0.276. The monoisotopic (exact) mass is 584 g/mol. The van der Waals surface area contributed by atoms with Gasteiger partial charge in [-0.2, -0.15) is 13.2 Å². The average molecular weight is 585 g/mol. The van der Waals surface area contributed by atoms with Gasteiger partial charge in [0.05, 0.1) is 0 Å². The van der Waals surface area contributed by atoms with E-state index in [0.29, 0.717) is 16.2 Å². The molecule has 3 aromatic rings. The zero-order chi connectivity index (χ0) is 30.2. The largest absolute Gasteiger partial charge is 0.408 e. The number of carbonyl (C=O) groups is 4. The molecule has 1 aromatic heterocycles. The van der Waals surface area contributed by atoms with Crippen molar-refractivity contribution in [3.05, 3.63) is 95.1 Å². The number of anilines is 1. The van der Waals surface area contributed by atoms with E-state index in [1.54, 1.807) is 12.1 Å². The Kier molecular flexibility index (Phi) is 7.54. The number of pyridine rings is 1. The topological polar surface area (TPSA) is 109 Å². The van der Waals surface area contributed by atoms with Crippen molar-refractivity contribution in [2.45, 2.75) is 37.7 Å². The number of fused-ring (bicyclic) bond motifs is 2. The highest BCUT2D eigenvalue weighted by Crippen LogP contribution is 2.43. The minimum absolute atomic E-state index is 0.175. The molecule has 2 heterocycles. The number of amides is 3. The van der Waals surface area contributed by atoms with Crippen molar-refractivity contribution >= 4 is 29.2 Å². The lowest BCUT2D eigenvalue weighted by molar-refractivity contribution is -0.187. The summed E-state index contributed by atoms with van der Waals surface area (Å²) in [6.07, 6.45) is -3.50. The number of alkyl halides is 3. The summed E-state index contributed by atoms with van der Waals surface area (Å²) in [5, 5.41) is 2.67. The van der Waals surface area contributed by atoms with Crippen LogP contribution >= 0.6 is 0 Å². The van der Waals surface area contributed by atoms with Gasteiger partial charge in [0.15, 0.2) is 5.78 Å². The van der Waals surface area contributed by atoms with Crippen LogP contribution in [0.15, 0.2) is 66.9 Å². The number of benzene rings is 2. The number of rotatable bonds is 7. The molecule has 5 rings (SSSR count). The lowest BCUT2D eigenvalue weighted by Gasteiger charge is -2.32. The van der Waals surface area contributed by atoms with Gasteiger partial charge in [0.2, 0.25) is 11.5 Å². The van der Waals surface area contributed by atoms with Crippen LogP contribution in [0.3, 0.4) is 0 Å². The van der Waals surface area contributed by atoms with Gasteiger partial charge in [-0.15, -0.1) is 0 Å². The molecule has 0 bridgehead atoms. The van der Waals surface area contributed by atoms with Crippen LogP contribution < -0.4 is 5.32 Å². The lowest BCUT2D eigenvalue weighted by atomic mass is 9.94. The molecule has 2 aliphatic rings. The summed E-state index contributed by atoms with van der Waals surface area (Å²) in [6, 6.07) is 11.8. The zero-order valence-electron chi connectivity index (χ0n) is 22.2. The molecule has 42 heavy (non-hydrogen) atoms. The minimum atomic E-state index is -4.77. The summed E-state index contributed by atoms with van der Waals surface area (Å²) in [7, 11) is 0. The Morgan fingerprint density at radius 2 is 1.86 bits per heavy atom. The van der Waals surface area contributed by atoms with Crippen molar-refractivity contribution in [3.63, 3.8) is 0 Å². The van der Waals surface area contributed by atoms with Gasteiger partial charge in [-0.1, -0.05) is 24.3 Å². The Balaban J connectivity index is 1.34. The third-order valence-electron chi connectivity index (χ3n) is 7.26. The van der Waals surface area contributed by atoms with Crippen LogP contribution in [0.4, 0.5) is 23.2 Å². The van der Waals surface area contributed by atoms with E-state index in [9.17, 15) is 36.7 Å². The Bertz CT molecular complexity index is 1550. The molecule has 2 aromatic carbocycles. The third kappa shape index (κ3) is 5.34. The van der Waals surface area contributed by atoms with Gasteiger partial charge in [0.25, 0.3) is 11.8 Å². The van der Waals surface area contributed by atoms with E-state index >= 15 is 0 Å². The number of Topliss-reactive ketones (excluding diaryl/α,β-unsaturated/α-hetero) is 1. The van der Waals surface area contributed by atoms with Gasteiger partial charge < -0.3 is 19.9 Å². The van der Waals surface area contributed by atoms with Crippen LogP contribution in [0, 0.1) is 5.82 Å². The maximum Gasteiger partial charge on any atom is 0.408 e. The van der Waals surface area contributed by atoms with Gasteiger partial charge in [0, 0.05) is 30.4 Å². The Labute approximate surface area is 237 Å². The third-order valence-corrected chi connectivity index (χ3v) is 7.26. The number of aromatic nitrogens is 1. The second-order valence-electron chi connectivity index (χ2n) is 9.96. The molecule has 218 valence electrons. The molecule has 1 spiro atoms. The van der Waals surface area contributed by atoms with Crippen molar-refractivity contribution in [2.75, 3.05) is 18.6 Å². The highest BCUT2D eigenvalue weighted by atomic mass is 19.4. The minimum Gasteiger partial charge on any atom is -0.332 e. The first-order valence-corrected chi connectivity index (χ1v) is 12.8. The normalized spacial score (nSPS) is 18.7. The van der Waals surface area contributed by atoms with Crippen molar-refractivity contribution < 1.29 is 41.5 Å². The van der Waals surface area contributed by atoms with E-state index in [-0.39, 0.29) is 23.2 Å². The van der Waals surface area contributed by atoms with E-state index in [4.69, 9.17) is 4.74 Å². The summed E-state index contributed by atoms with van der Waals surface area (Å²) in [5.41, 5.74) is -0.611. The summed E-state index contributed by atoms with van der Waals surface area (Å²) < 4.78 is 59.9. The SMILES string of the molecule is C[C@H](N(Cc1ccc(F)cc1)C(=O)CN1CO[C@]2(C(=O)Cc3cc(NC(=O)c4ccccn4)ccc32)C1=O)C(F)(F)F. The predicted molar refractivity (Wildman–Crippen MR) is 139 cm³/mol. The number of nitrogens with zero attached hydrogens (tertiary/aromatic N) is 3. The summed E-state index contributed by atoms with van der Waals surface area (Å²) in [4.78, 5) is 57.8. The second kappa shape index (κ2) is 11.0. The fourth-order valence-corrected chi connectivity index (χ4v) is 4.99. The molecule has 1 fully saturated rings. The number of ketones is 1. The molecule has 2 atom stereocenters. The molecule has 1 N–H and O–H groups in total. The van der Waals surface area contributed by atoms with Crippen LogP contribution in [0.25, 0.3) is 0 Å². The van der Waals surface area contributed by atoms with Crippen molar-refractivity contribution in [1.82, 2.24) is 14.8 Å². The standard InChI is InChI=1S/C29H24F4N4O5/c1-17(29(31,32)33)37(14-18-5-7-20(30)8-6-18)25(39)15-36-16-42-28(27(36)41)22-10-9-21(12-19(22)13-24(28)38)35-26(40)23-4-2-3-11-34-23/h2-12,17H,13-16H2,1H3,(H,35,40)/t17-,28+/m0/s1. The van der Waals surface area contributed by atoms with E-state index in [1.165, 1.54) is 42.6 Å². The quantitative estimate of drug-likeness (QED) is 0.336. The smallest absolute Gasteiger partial charge is 0.332 e. The van der Waals surface area contributed by atoms with Crippen LogP contribution in [-0.4, -0.2) is 63.8 Å². The number of ether oxygens (including phenoxy) is 1. The van der Waals surface area contributed by atoms with Crippen LogP contribution in [0.1, 0.15) is 34.1 Å². The van der Waals surface area contributed by atoms with Crippen molar-refractivity contribution in [3.8, 4) is 0 Å². The lowest BCUT2D eigenvalue weighted by Crippen LogP contribution is -2.51. The molecule has 0 saturated carbocycles. The predicted octanol–water partition coefficient (Wildman–Crippen LogP) is 3.59. The van der Waals surface area contributed by atoms with Crippen LogP contribution in [0.5, 0.6) is 0 Å². The summed E-state index contributed by atoms with van der Waals surface area (Å²) >= 11 is 0. The molecule has 0 unspecified atom stereocenters. The van der Waals surface area contributed by atoms with Crippen LogP contribution in [0.2, 0.25) is 0 Å². The molecule has 3 amide bonds. The molecule has 13 heteroatoms. The highest BCUT2D eigenvalue weighted by molar-refractivity contribution is 6.15. The van der Waals surface area contributed by atoms with Gasteiger partial charge in [-0.3, -0.25) is 24.2 Å². The highest BCUT2D eigenvalue weighted by Gasteiger charge is 2.59. The van der Waals surface area contributed by atoms with Gasteiger partial charge in [-0.05, 0) is 54.4 Å². The summed E-state index contributed by atoms with van der Waals surface area (Å²) in [5.74, 6) is -3.57. The van der Waals surface area contributed by atoms with Gasteiger partial charge in [0.1, 0.15) is 30.8 Å². The molecule has 1 aliphatic heterocycles. The van der Waals surface area contributed by atoms with E-state index in [1.807, 2.05) is 0 Å². The Morgan fingerprint density at radius 3 is 2.52 bits per heavy atom. The molecule has 0 radical (unpaired) electrons. The number of nitrogens with one attached hydrogen (secondary N) is 1. The maximum atomic E-state index is 13.6. The molecule has 1 aliphatic carbocycles. The number of hydrogen-bond donors (Lipinski definition) is 1. The fourth-order valence-electron chi connectivity index (χ4n) is 4.99. The van der Waals surface area contributed by atoms with Gasteiger partial charge >= 0.3 is 6.18 Å². The first-order valence-electron chi connectivity index (χ1n) is 12.8. The van der Waals surface area contributed by atoms with Crippen LogP contribution in [-0.2, 0) is 37.7 Å². The first-order chi connectivity index (χ1) is 19.9. The van der Waals surface area contributed by atoms with Crippen molar-refractivity contribution in [1.29, 1.82) is 0 Å². The molecular formula is C29H24F4N4O5. The molecular weight excluding hydrogens is 560 g/mol. The maximum absolute atomic E-state index is 13.6.